The predicted molar refractivity (Wildman–Crippen MR) is 75.4 cm³/mol. The van der Waals surface area contributed by atoms with E-state index in [1.54, 1.807) is 0 Å². The van der Waals surface area contributed by atoms with E-state index in [1.165, 1.54) is 11.3 Å². The molecule has 0 unspecified atom stereocenters. The van der Waals surface area contributed by atoms with Crippen LogP contribution in [0.2, 0.25) is 0 Å². The van der Waals surface area contributed by atoms with Crippen LogP contribution in [0, 0.1) is 5.41 Å². The van der Waals surface area contributed by atoms with Crippen molar-refractivity contribution < 1.29 is 4.74 Å². The average molecular weight is 243 g/mol. The van der Waals surface area contributed by atoms with Gasteiger partial charge in [0.1, 0.15) is 12.4 Å². The average Bonchev–Trinajstić information content (AvgIpc) is 2.37. The highest BCUT2D eigenvalue weighted by Crippen LogP contribution is 2.25. The van der Waals surface area contributed by atoms with Crippen molar-refractivity contribution in [1.29, 1.82) is 0 Å². The molecule has 0 aliphatic carbocycles. The lowest BCUT2D eigenvalue weighted by Crippen LogP contribution is -2.22. The second kappa shape index (κ2) is 5.38. The molecule has 1 heterocycles. The molecule has 96 valence electrons. The fraction of sp³-hybridized carbons (Fsp3) is 0.438. The van der Waals surface area contributed by atoms with Gasteiger partial charge in [0.25, 0.3) is 0 Å². The van der Waals surface area contributed by atoms with Gasteiger partial charge >= 0.3 is 0 Å². The monoisotopic (exact) mass is 243 g/mol. The lowest BCUT2D eigenvalue weighted by Gasteiger charge is -2.24. The Kier molecular flexibility index (Phi) is 3.85. The molecular weight excluding hydrogens is 222 g/mol. The highest BCUT2D eigenvalue weighted by atomic mass is 16.5. The maximum atomic E-state index is 5.78. The maximum absolute atomic E-state index is 5.78. The Balaban J connectivity index is 1.93. The number of nitrogens with zero attached hydrogens (tertiary/aromatic N) is 1. The van der Waals surface area contributed by atoms with Crippen LogP contribution in [0.25, 0.3) is 0 Å². The van der Waals surface area contributed by atoms with Crippen molar-refractivity contribution in [2.75, 3.05) is 0 Å². The van der Waals surface area contributed by atoms with Gasteiger partial charge in [-0.25, -0.2) is 0 Å². The van der Waals surface area contributed by atoms with Gasteiger partial charge in [0.15, 0.2) is 0 Å². The van der Waals surface area contributed by atoms with Crippen molar-refractivity contribution in [3.8, 4) is 0 Å². The standard InChI is InChI=1S/C16H21NO/c1-16(2,3)15-10-9-14(11-17-15)18-12-13-7-5-4-6-8-13/h4-8,11H,9-10,12H2,1-3H3. The third kappa shape index (κ3) is 3.46. The van der Waals surface area contributed by atoms with Crippen LogP contribution >= 0.6 is 0 Å². The lowest BCUT2D eigenvalue weighted by molar-refractivity contribution is 0.187. The molecule has 2 heteroatoms. The first-order chi connectivity index (χ1) is 8.55. The van der Waals surface area contributed by atoms with Crippen molar-refractivity contribution >= 4 is 5.71 Å². The topological polar surface area (TPSA) is 21.6 Å². The molecule has 1 aliphatic rings. The molecule has 0 spiro atoms. The largest absolute Gasteiger partial charge is 0.492 e. The molecule has 2 rings (SSSR count). The number of rotatable bonds is 3. The molecule has 0 saturated carbocycles. The minimum atomic E-state index is 0.168. The van der Waals surface area contributed by atoms with Crippen molar-refractivity contribution in [1.82, 2.24) is 0 Å². The van der Waals surface area contributed by atoms with Crippen LogP contribution < -0.4 is 0 Å². The van der Waals surface area contributed by atoms with Gasteiger partial charge in [-0.1, -0.05) is 51.1 Å². The summed E-state index contributed by atoms with van der Waals surface area (Å²) < 4.78 is 5.78. The van der Waals surface area contributed by atoms with Crippen LogP contribution in [0.5, 0.6) is 0 Å². The van der Waals surface area contributed by atoms with Crippen LogP contribution in [0.4, 0.5) is 0 Å². The number of ether oxygens (including phenoxy) is 1. The van der Waals surface area contributed by atoms with Gasteiger partial charge in [0.05, 0.1) is 6.20 Å². The zero-order chi connectivity index (χ0) is 13.0. The summed E-state index contributed by atoms with van der Waals surface area (Å²) >= 11 is 0. The van der Waals surface area contributed by atoms with Crippen LogP contribution in [0.15, 0.2) is 47.3 Å². The van der Waals surface area contributed by atoms with Gasteiger partial charge < -0.3 is 4.74 Å². The van der Waals surface area contributed by atoms with E-state index in [0.717, 1.165) is 18.6 Å². The number of benzene rings is 1. The van der Waals surface area contributed by atoms with Crippen LogP contribution in [-0.4, -0.2) is 5.71 Å². The molecule has 0 amide bonds. The first kappa shape index (κ1) is 12.9. The van der Waals surface area contributed by atoms with Gasteiger partial charge in [-0.2, -0.15) is 0 Å². The molecular formula is C16H21NO. The fourth-order valence-electron chi connectivity index (χ4n) is 1.95. The highest BCUT2D eigenvalue weighted by molar-refractivity contribution is 5.90. The Bertz CT molecular complexity index is 452. The van der Waals surface area contributed by atoms with Crippen LogP contribution in [0.3, 0.4) is 0 Å². The van der Waals surface area contributed by atoms with Gasteiger partial charge in [-0.05, 0) is 12.0 Å². The second-order valence-corrected chi connectivity index (χ2v) is 5.70. The van der Waals surface area contributed by atoms with E-state index in [0.29, 0.717) is 6.61 Å². The van der Waals surface area contributed by atoms with E-state index in [2.05, 4.69) is 37.9 Å². The van der Waals surface area contributed by atoms with Crippen molar-refractivity contribution in [2.45, 2.75) is 40.2 Å². The molecule has 1 aromatic rings. The normalized spacial score (nSPS) is 15.9. The SMILES string of the molecule is CC(C)(C)C1=NC=C(OCc2ccccc2)CC1. The zero-order valence-corrected chi connectivity index (χ0v) is 11.4. The maximum Gasteiger partial charge on any atom is 0.115 e. The molecule has 0 saturated heterocycles. The summed E-state index contributed by atoms with van der Waals surface area (Å²) in [6.45, 7) is 7.24. The summed E-state index contributed by atoms with van der Waals surface area (Å²) in [7, 11) is 0. The predicted octanol–water partition coefficient (Wildman–Crippen LogP) is 4.33. The van der Waals surface area contributed by atoms with E-state index in [9.17, 15) is 0 Å². The first-order valence-corrected chi connectivity index (χ1v) is 6.48. The summed E-state index contributed by atoms with van der Waals surface area (Å²) in [6.07, 6.45) is 3.85. The molecule has 0 radical (unpaired) electrons. The van der Waals surface area contributed by atoms with E-state index in [1.807, 2.05) is 24.4 Å². The molecule has 1 aliphatic heterocycles. The third-order valence-electron chi connectivity index (χ3n) is 3.11. The zero-order valence-electron chi connectivity index (χ0n) is 11.4. The molecule has 0 N–H and O–H groups in total. The summed E-state index contributed by atoms with van der Waals surface area (Å²) in [5.41, 5.74) is 2.63. The first-order valence-electron chi connectivity index (χ1n) is 6.48. The third-order valence-corrected chi connectivity index (χ3v) is 3.11. The Hall–Kier alpha value is -1.57. The van der Waals surface area contributed by atoms with Crippen molar-refractivity contribution in [2.24, 2.45) is 10.4 Å². The molecule has 2 nitrogen and oxygen atoms in total. The molecule has 0 fully saturated rings. The van der Waals surface area contributed by atoms with Crippen LogP contribution in [-0.2, 0) is 11.3 Å². The van der Waals surface area contributed by atoms with Crippen molar-refractivity contribution in [3.63, 3.8) is 0 Å². The van der Waals surface area contributed by atoms with E-state index < -0.39 is 0 Å². The summed E-state index contributed by atoms with van der Waals surface area (Å²) in [5.74, 6) is 0.992. The molecule has 0 atom stereocenters. The van der Waals surface area contributed by atoms with Gasteiger partial charge in [-0.15, -0.1) is 0 Å². The lowest BCUT2D eigenvalue weighted by atomic mass is 9.86. The summed E-state index contributed by atoms with van der Waals surface area (Å²) in [5, 5.41) is 0. The number of hydrogen-bond acceptors (Lipinski definition) is 2. The summed E-state index contributed by atoms with van der Waals surface area (Å²) in [4.78, 5) is 4.52. The highest BCUT2D eigenvalue weighted by Gasteiger charge is 2.21. The van der Waals surface area contributed by atoms with Crippen LogP contribution in [0.1, 0.15) is 39.2 Å². The Labute approximate surface area is 109 Å². The Morgan fingerprint density at radius 2 is 1.83 bits per heavy atom. The molecule has 0 aromatic heterocycles. The number of hydrogen-bond donors (Lipinski definition) is 0. The molecule has 1 aromatic carbocycles. The quantitative estimate of drug-likeness (QED) is 0.774. The van der Waals surface area contributed by atoms with Gasteiger partial charge in [-0.3, -0.25) is 4.99 Å². The van der Waals surface area contributed by atoms with E-state index in [4.69, 9.17) is 4.74 Å². The minimum Gasteiger partial charge on any atom is -0.492 e. The second-order valence-electron chi connectivity index (χ2n) is 5.70. The number of aliphatic imine (C=N–C) groups is 1. The van der Waals surface area contributed by atoms with E-state index >= 15 is 0 Å². The summed E-state index contributed by atoms with van der Waals surface area (Å²) in [6, 6.07) is 10.2. The van der Waals surface area contributed by atoms with Gasteiger partial charge in [0, 0.05) is 17.5 Å². The fourth-order valence-corrected chi connectivity index (χ4v) is 1.95. The molecule has 18 heavy (non-hydrogen) atoms. The Morgan fingerprint density at radius 3 is 2.39 bits per heavy atom. The minimum absolute atomic E-state index is 0.168. The Morgan fingerprint density at radius 1 is 1.11 bits per heavy atom. The smallest absolute Gasteiger partial charge is 0.115 e. The van der Waals surface area contributed by atoms with Gasteiger partial charge in [0.2, 0.25) is 0 Å². The molecule has 0 bridgehead atoms. The number of allylic oxidation sites excluding steroid dienone is 1. The van der Waals surface area contributed by atoms with E-state index in [-0.39, 0.29) is 5.41 Å². The van der Waals surface area contributed by atoms with Crippen molar-refractivity contribution in [3.05, 3.63) is 47.9 Å².